The van der Waals surface area contributed by atoms with Crippen LogP contribution in [0.5, 0.6) is 17.2 Å². The zero-order valence-electron chi connectivity index (χ0n) is 13.4. The van der Waals surface area contributed by atoms with Gasteiger partial charge in [0.05, 0.1) is 33.6 Å². The second-order valence-corrected chi connectivity index (χ2v) is 4.70. The second kappa shape index (κ2) is 7.93. The van der Waals surface area contributed by atoms with Gasteiger partial charge in [0.15, 0.2) is 0 Å². The molecule has 0 aliphatic carbocycles. The zero-order valence-corrected chi connectivity index (χ0v) is 13.4. The lowest BCUT2D eigenvalue weighted by Gasteiger charge is -2.12. The molecule has 1 amide bonds. The lowest BCUT2D eigenvalue weighted by Crippen LogP contribution is -2.22. The van der Waals surface area contributed by atoms with Gasteiger partial charge in [0.2, 0.25) is 5.91 Å². The maximum atomic E-state index is 12.0. The third-order valence-corrected chi connectivity index (χ3v) is 3.23. The van der Waals surface area contributed by atoms with Crippen LogP contribution in [0.1, 0.15) is 0 Å². The summed E-state index contributed by atoms with van der Waals surface area (Å²) in [5, 5.41) is 5.84. The molecule has 0 aromatic heterocycles. The molecule has 0 aliphatic rings. The maximum absolute atomic E-state index is 12.0. The molecule has 0 unspecified atom stereocenters. The summed E-state index contributed by atoms with van der Waals surface area (Å²) in [7, 11) is 4.73. The van der Waals surface area contributed by atoms with Gasteiger partial charge in [-0.3, -0.25) is 4.79 Å². The Bertz CT molecular complexity index is 656. The summed E-state index contributed by atoms with van der Waals surface area (Å²) >= 11 is 0. The summed E-state index contributed by atoms with van der Waals surface area (Å²) in [5.41, 5.74) is 1.43. The highest BCUT2D eigenvalue weighted by Gasteiger charge is 2.08. The Hall–Kier alpha value is -2.89. The van der Waals surface area contributed by atoms with Crippen LogP contribution in [0.4, 0.5) is 11.4 Å². The first-order chi connectivity index (χ1) is 11.2. The van der Waals surface area contributed by atoms with Crippen LogP contribution in [0, 0.1) is 0 Å². The van der Waals surface area contributed by atoms with E-state index in [4.69, 9.17) is 14.2 Å². The molecule has 0 spiro atoms. The minimum Gasteiger partial charge on any atom is -0.497 e. The zero-order chi connectivity index (χ0) is 16.7. The van der Waals surface area contributed by atoms with Crippen molar-refractivity contribution in [3.63, 3.8) is 0 Å². The van der Waals surface area contributed by atoms with Crippen molar-refractivity contribution >= 4 is 17.3 Å². The number of hydrogen-bond donors (Lipinski definition) is 2. The van der Waals surface area contributed by atoms with Crippen LogP contribution in [0.25, 0.3) is 0 Å². The molecule has 23 heavy (non-hydrogen) atoms. The largest absolute Gasteiger partial charge is 0.497 e. The molecule has 6 nitrogen and oxygen atoms in total. The topological polar surface area (TPSA) is 68.8 Å². The molecule has 6 heteroatoms. The number of amides is 1. The molecule has 0 saturated carbocycles. The summed E-state index contributed by atoms with van der Waals surface area (Å²) < 4.78 is 15.5. The van der Waals surface area contributed by atoms with Crippen LogP contribution in [0.2, 0.25) is 0 Å². The number of hydrogen-bond acceptors (Lipinski definition) is 5. The van der Waals surface area contributed by atoms with E-state index in [-0.39, 0.29) is 12.5 Å². The van der Waals surface area contributed by atoms with Crippen LogP contribution < -0.4 is 24.8 Å². The van der Waals surface area contributed by atoms with Crippen molar-refractivity contribution in [2.45, 2.75) is 0 Å². The average molecular weight is 316 g/mol. The minimum atomic E-state index is -0.177. The van der Waals surface area contributed by atoms with Gasteiger partial charge < -0.3 is 24.8 Å². The van der Waals surface area contributed by atoms with Crippen LogP contribution in [0.15, 0.2) is 42.5 Å². The van der Waals surface area contributed by atoms with Gasteiger partial charge in [0.1, 0.15) is 17.2 Å². The van der Waals surface area contributed by atoms with E-state index < -0.39 is 0 Å². The normalized spacial score (nSPS) is 9.87. The highest BCUT2D eigenvalue weighted by atomic mass is 16.5. The van der Waals surface area contributed by atoms with Gasteiger partial charge >= 0.3 is 0 Å². The van der Waals surface area contributed by atoms with Crippen molar-refractivity contribution < 1.29 is 19.0 Å². The van der Waals surface area contributed by atoms with Crippen LogP contribution >= 0.6 is 0 Å². The number of anilines is 2. The SMILES string of the molecule is COc1ccc(NCC(=O)Nc2ccc(OC)cc2OC)cc1. The van der Waals surface area contributed by atoms with E-state index >= 15 is 0 Å². The first kappa shape index (κ1) is 16.5. The fraction of sp³-hybridized carbons (Fsp3) is 0.235. The molecule has 0 radical (unpaired) electrons. The van der Waals surface area contributed by atoms with Crippen molar-refractivity contribution in [2.24, 2.45) is 0 Å². The Morgan fingerprint density at radius 1 is 0.913 bits per heavy atom. The van der Waals surface area contributed by atoms with E-state index in [0.29, 0.717) is 17.2 Å². The first-order valence-corrected chi connectivity index (χ1v) is 7.06. The molecule has 0 fully saturated rings. The van der Waals surface area contributed by atoms with Gasteiger partial charge in [-0.25, -0.2) is 0 Å². The standard InChI is InChI=1S/C17H20N2O4/c1-21-13-6-4-12(5-7-13)18-11-17(20)19-15-9-8-14(22-2)10-16(15)23-3/h4-10,18H,11H2,1-3H3,(H,19,20). The van der Waals surface area contributed by atoms with Gasteiger partial charge in [-0.05, 0) is 36.4 Å². The Morgan fingerprint density at radius 3 is 2.17 bits per heavy atom. The predicted octanol–water partition coefficient (Wildman–Crippen LogP) is 2.76. The van der Waals surface area contributed by atoms with E-state index in [1.54, 1.807) is 39.5 Å². The van der Waals surface area contributed by atoms with Gasteiger partial charge in [-0.1, -0.05) is 0 Å². The fourth-order valence-electron chi connectivity index (χ4n) is 1.99. The van der Waals surface area contributed by atoms with Gasteiger partial charge in [-0.2, -0.15) is 0 Å². The summed E-state index contributed by atoms with van der Waals surface area (Å²) in [6.07, 6.45) is 0. The van der Waals surface area contributed by atoms with Crippen LogP contribution in [-0.2, 0) is 4.79 Å². The molecule has 0 saturated heterocycles. The van der Waals surface area contributed by atoms with E-state index in [2.05, 4.69) is 10.6 Å². The van der Waals surface area contributed by atoms with Crippen molar-refractivity contribution in [1.29, 1.82) is 0 Å². The van der Waals surface area contributed by atoms with E-state index in [1.165, 1.54) is 0 Å². The number of nitrogens with one attached hydrogen (secondary N) is 2. The molecule has 122 valence electrons. The van der Waals surface area contributed by atoms with E-state index in [1.807, 2.05) is 24.3 Å². The number of carbonyl (C=O) groups is 1. The molecule has 2 aromatic carbocycles. The van der Waals surface area contributed by atoms with Gasteiger partial charge in [0, 0.05) is 11.8 Å². The number of benzene rings is 2. The second-order valence-electron chi connectivity index (χ2n) is 4.70. The van der Waals surface area contributed by atoms with Crippen molar-refractivity contribution in [3.8, 4) is 17.2 Å². The molecule has 2 aromatic rings. The average Bonchev–Trinajstić information content (AvgIpc) is 2.60. The predicted molar refractivity (Wildman–Crippen MR) is 89.7 cm³/mol. The first-order valence-electron chi connectivity index (χ1n) is 7.06. The van der Waals surface area contributed by atoms with Crippen molar-refractivity contribution in [1.82, 2.24) is 0 Å². The Kier molecular flexibility index (Phi) is 5.68. The quantitative estimate of drug-likeness (QED) is 0.822. The van der Waals surface area contributed by atoms with E-state index in [0.717, 1.165) is 11.4 Å². The number of rotatable bonds is 7. The van der Waals surface area contributed by atoms with Crippen LogP contribution in [0.3, 0.4) is 0 Å². The summed E-state index contributed by atoms with van der Waals surface area (Å²) in [6, 6.07) is 12.6. The van der Waals surface area contributed by atoms with Gasteiger partial charge in [0.25, 0.3) is 0 Å². The third kappa shape index (κ3) is 4.54. The minimum absolute atomic E-state index is 0.140. The highest BCUT2D eigenvalue weighted by molar-refractivity contribution is 5.95. The Morgan fingerprint density at radius 2 is 1.57 bits per heavy atom. The Balaban J connectivity index is 1.93. The summed E-state index contributed by atoms with van der Waals surface area (Å²) in [4.78, 5) is 12.0. The maximum Gasteiger partial charge on any atom is 0.243 e. The van der Waals surface area contributed by atoms with E-state index in [9.17, 15) is 4.79 Å². The van der Waals surface area contributed by atoms with Crippen LogP contribution in [-0.4, -0.2) is 33.8 Å². The van der Waals surface area contributed by atoms with Crippen molar-refractivity contribution in [2.75, 3.05) is 38.5 Å². The molecule has 0 aliphatic heterocycles. The third-order valence-electron chi connectivity index (χ3n) is 3.23. The van der Waals surface area contributed by atoms with Gasteiger partial charge in [-0.15, -0.1) is 0 Å². The number of carbonyl (C=O) groups excluding carboxylic acids is 1. The molecular formula is C17H20N2O4. The summed E-state index contributed by atoms with van der Waals surface area (Å²) in [6.45, 7) is 0.140. The lowest BCUT2D eigenvalue weighted by atomic mass is 10.2. The number of ether oxygens (including phenoxy) is 3. The molecule has 2 N–H and O–H groups in total. The summed E-state index contributed by atoms with van der Waals surface area (Å²) in [5.74, 6) is 1.80. The lowest BCUT2D eigenvalue weighted by molar-refractivity contribution is -0.114. The smallest absolute Gasteiger partial charge is 0.243 e. The monoisotopic (exact) mass is 316 g/mol. The van der Waals surface area contributed by atoms with Crippen molar-refractivity contribution in [3.05, 3.63) is 42.5 Å². The number of methoxy groups -OCH3 is 3. The molecule has 0 atom stereocenters. The molecular weight excluding hydrogens is 296 g/mol. The highest BCUT2D eigenvalue weighted by Crippen LogP contribution is 2.28. The molecule has 0 heterocycles. The Labute approximate surface area is 135 Å². The fourth-order valence-corrected chi connectivity index (χ4v) is 1.99. The molecule has 2 rings (SSSR count). The molecule has 0 bridgehead atoms.